The zero-order valence-electron chi connectivity index (χ0n) is 23.1. The lowest BCUT2D eigenvalue weighted by atomic mass is 9.68. The monoisotopic (exact) mass is 543 g/mol. The lowest BCUT2D eigenvalue weighted by molar-refractivity contribution is -0.131. The molecule has 2 aliphatic rings. The number of ether oxygens (including phenoxy) is 2. The van der Waals surface area contributed by atoms with E-state index in [9.17, 15) is 15.0 Å². The number of carbonyl (C=O) groups is 1. The summed E-state index contributed by atoms with van der Waals surface area (Å²) in [6.07, 6.45) is 4.75. The van der Waals surface area contributed by atoms with Gasteiger partial charge in [0.25, 0.3) is 5.91 Å². The minimum atomic E-state index is -1.26. The normalized spacial score (nSPS) is 23.1. The number of fused-ring (bicyclic) bond motifs is 1. The Morgan fingerprint density at radius 2 is 1.55 bits per heavy atom. The fourth-order valence-corrected chi connectivity index (χ4v) is 6.22. The van der Waals surface area contributed by atoms with Crippen LogP contribution >= 0.6 is 0 Å². The van der Waals surface area contributed by atoms with Crippen LogP contribution in [0, 0.1) is 11.8 Å². The van der Waals surface area contributed by atoms with E-state index in [1.54, 1.807) is 6.07 Å². The van der Waals surface area contributed by atoms with E-state index < -0.39 is 6.10 Å². The second-order valence-electron chi connectivity index (χ2n) is 11.3. The van der Waals surface area contributed by atoms with Gasteiger partial charge in [0.15, 0.2) is 6.10 Å². The van der Waals surface area contributed by atoms with E-state index in [0.717, 1.165) is 61.0 Å². The molecule has 0 bridgehead atoms. The van der Waals surface area contributed by atoms with Crippen molar-refractivity contribution in [2.24, 2.45) is 11.8 Å². The molecule has 4 unspecified atom stereocenters. The molecular weight excluding hydrogens is 502 g/mol. The van der Waals surface area contributed by atoms with Gasteiger partial charge in [0.1, 0.15) is 12.4 Å². The van der Waals surface area contributed by atoms with Gasteiger partial charge in [0, 0.05) is 6.04 Å². The zero-order chi connectivity index (χ0) is 27.7. The summed E-state index contributed by atoms with van der Waals surface area (Å²) in [7, 11) is 0. The largest absolute Gasteiger partial charge is 0.489 e. The number of nitrogens with one attached hydrogen (secondary N) is 1. The van der Waals surface area contributed by atoms with Crippen molar-refractivity contribution in [3.63, 3.8) is 0 Å². The number of amides is 1. The summed E-state index contributed by atoms with van der Waals surface area (Å²) < 4.78 is 12.1. The molecule has 0 heterocycles. The molecule has 0 aliphatic heterocycles. The second-order valence-corrected chi connectivity index (χ2v) is 11.3. The maximum Gasteiger partial charge on any atom is 0.253 e. The van der Waals surface area contributed by atoms with Gasteiger partial charge < -0.3 is 25.0 Å². The van der Waals surface area contributed by atoms with Crippen molar-refractivity contribution < 1.29 is 24.5 Å². The molecular formula is C34H41NO5. The lowest BCUT2D eigenvalue weighted by Gasteiger charge is -2.41. The van der Waals surface area contributed by atoms with Gasteiger partial charge in [-0.1, -0.05) is 66.7 Å². The third-order valence-corrected chi connectivity index (χ3v) is 8.44. The van der Waals surface area contributed by atoms with Gasteiger partial charge in [-0.3, -0.25) is 4.79 Å². The number of aliphatic hydroxyl groups is 2. The quantitative estimate of drug-likeness (QED) is 0.278. The van der Waals surface area contributed by atoms with Gasteiger partial charge in [0.2, 0.25) is 0 Å². The minimum absolute atomic E-state index is 0.0352. The molecule has 5 atom stereocenters. The Kier molecular flexibility index (Phi) is 9.87. The maximum absolute atomic E-state index is 13.1. The average molecular weight is 544 g/mol. The molecule has 212 valence electrons. The van der Waals surface area contributed by atoms with Crippen LogP contribution in [0.4, 0.5) is 0 Å². The molecule has 0 aromatic heterocycles. The fourth-order valence-electron chi connectivity index (χ4n) is 6.22. The van der Waals surface area contributed by atoms with Crippen molar-refractivity contribution >= 4 is 5.91 Å². The summed E-state index contributed by atoms with van der Waals surface area (Å²) in [5.74, 6) is 1.45. The highest BCUT2D eigenvalue weighted by molar-refractivity contribution is 5.82. The molecule has 0 spiro atoms. The van der Waals surface area contributed by atoms with Gasteiger partial charge in [0.05, 0.1) is 19.3 Å². The van der Waals surface area contributed by atoms with Crippen molar-refractivity contribution in [2.45, 2.75) is 76.4 Å². The Hall–Kier alpha value is -3.19. The highest BCUT2D eigenvalue weighted by atomic mass is 16.5. The molecule has 0 radical (unpaired) electrons. The highest BCUT2D eigenvalue weighted by Gasteiger charge is 2.36. The van der Waals surface area contributed by atoms with Crippen LogP contribution in [0.2, 0.25) is 0 Å². The standard InChI is InChI=1S/C34H41NO5/c36-31-15-12-26-11-14-30(20-29(26)21-31)35-34(38)33(37)28-13-16-32(40-23-25-9-5-2-6-10-25)27(19-28)17-18-39-22-24-7-3-1-4-8-24/h1-10,13,16,19,26,29-31,33,36-37H,11-12,14-15,17-18,20-23H2,(H,35,38)/t26?,29?,30-,31?,33?/m0/s1. The predicted molar refractivity (Wildman–Crippen MR) is 155 cm³/mol. The van der Waals surface area contributed by atoms with Crippen molar-refractivity contribution in [3.8, 4) is 5.75 Å². The number of carbonyl (C=O) groups excluding carboxylic acids is 1. The van der Waals surface area contributed by atoms with E-state index in [2.05, 4.69) is 5.32 Å². The van der Waals surface area contributed by atoms with E-state index in [1.165, 1.54) is 0 Å². The number of rotatable bonds is 11. The first-order valence-electron chi connectivity index (χ1n) is 14.6. The summed E-state index contributed by atoms with van der Waals surface area (Å²) in [5, 5.41) is 24.2. The first-order valence-corrected chi connectivity index (χ1v) is 14.6. The fraction of sp³-hybridized carbons (Fsp3) is 0.441. The van der Waals surface area contributed by atoms with Crippen LogP contribution in [-0.4, -0.2) is 34.9 Å². The lowest BCUT2D eigenvalue weighted by Crippen LogP contribution is -2.44. The smallest absolute Gasteiger partial charge is 0.253 e. The Morgan fingerprint density at radius 1 is 0.850 bits per heavy atom. The van der Waals surface area contributed by atoms with Crippen LogP contribution in [0.1, 0.15) is 66.9 Å². The summed E-state index contributed by atoms with van der Waals surface area (Å²) in [6, 6.07) is 25.5. The summed E-state index contributed by atoms with van der Waals surface area (Å²) in [4.78, 5) is 13.1. The van der Waals surface area contributed by atoms with Crippen LogP contribution in [0.15, 0.2) is 78.9 Å². The molecule has 3 aromatic carbocycles. The molecule has 6 heteroatoms. The third kappa shape index (κ3) is 7.72. The topological polar surface area (TPSA) is 88.0 Å². The predicted octanol–water partition coefficient (Wildman–Crippen LogP) is 5.50. The van der Waals surface area contributed by atoms with E-state index in [0.29, 0.717) is 43.6 Å². The Labute approximate surface area is 237 Å². The SMILES string of the molecule is O=C(N[C@H]1CCC2CCC(O)CC2C1)C(O)c1ccc(OCc2ccccc2)c(CCOCc2ccccc2)c1. The number of benzene rings is 3. The molecule has 2 fully saturated rings. The van der Waals surface area contributed by atoms with Crippen LogP contribution in [0.25, 0.3) is 0 Å². The first-order chi connectivity index (χ1) is 19.5. The molecule has 3 N–H and O–H groups in total. The maximum atomic E-state index is 13.1. The van der Waals surface area contributed by atoms with Crippen LogP contribution in [0.5, 0.6) is 5.75 Å². The molecule has 2 aliphatic carbocycles. The van der Waals surface area contributed by atoms with Crippen molar-refractivity contribution in [1.82, 2.24) is 5.32 Å². The van der Waals surface area contributed by atoms with Gasteiger partial charge in [-0.05, 0) is 91.2 Å². The molecule has 3 aromatic rings. The third-order valence-electron chi connectivity index (χ3n) is 8.44. The van der Waals surface area contributed by atoms with Gasteiger partial charge >= 0.3 is 0 Å². The average Bonchev–Trinajstić information content (AvgIpc) is 2.99. The number of hydrogen-bond acceptors (Lipinski definition) is 5. The van der Waals surface area contributed by atoms with Gasteiger partial charge in [-0.15, -0.1) is 0 Å². The number of hydrogen-bond donors (Lipinski definition) is 3. The van der Waals surface area contributed by atoms with Crippen molar-refractivity contribution in [3.05, 3.63) is 101 Å². The summed E-state index contributed by atoms with van der Waals surface area (Å²) in [5.41, 5.74) is 3.62. The van der Waals surface area contributed by atoms with E-state index in [1.807, 2.05) is 72.8 Å². The van der Waals surface area contributed by atoms with Crippen LogP contribution in [0.3, 0.4) is 0 Å². The number of aliphatic hydroxyl groups excluding tert-OH is 2. The first kappa shape index (κ1) is 28.3. The van der Waals surface area contributed by atoms with Gasteiger partial charge in [-0.25, -0.2) is 0 Å². The van der Waals surface area contributed by atoms with E-state index in [-0.39, 0.29) is 18.1 Å². The molecule has 1 amide bonds. The zero-order valence-corrected chi connectivity index (χ0v) is 23.1. The summed E-state index contributed by atoms with van der Waals surface area (Å²) >= 11 is 0. The summed E-state index contributed by atoms with van der Waals surface area (Å²) in [6.45, 7) is 1.44. The molecule has 6 nitrogen and oxygen atoms in total. The minimum Gasteiger partial charge on any atom is -0.489 e. The van der Waals surface area contributed by atoms with Crippen LogP contribution < -0.4 is 10.1 Å². The Balaban J connectivity index is 1.22. The second kappa shape index (κ2) is 13.9. The Morgan fingerprint density at radius 3 is 2.30 bits per heavy atom. The van der Waals surface area contributed by atoms with Crippen LogP contribution in [-0.2, 0) is 29.2 Å². The van der Waals surface area contributed by atoms with E-state index in [4.69, 9.17) is 9.47 Å². The van der Waals surface area contributed by atoms with E-state index >= 15 is 0 Å². The molecule has 2 saturated carbocycles. The van der Waals surface area contributed by atoms with Crippen molar-refractivity contribution in [1.29, 1.82) is 0 Å². The van der Waals surface area contributed by atoms with Gasteiger partial charge in [-0.2, -0.15) is 0 Å². The molecule has 5 rings (SSSR count). The highest BCUT2D eigenvalue weighted by Crippen LogP contribution is 2.40. The Bertz CT molecular complexity index is 1220. The molecule has 0 saturated heterocycles. The van der Waals surface area contributed by atoms with Crippen molar-refractivity contribution in [2.75, 3.05) is 6.61 Å². The molecule has 40 heavy (non-hydrogen) atoms.